The van der Waals surface area contributed by atoms with Crippen LogP contribution in [0.5, 0.6) is 5.75 Å². The Kier molecular flexibility index (Phi) is 7.25. The molecule has 1 rings (SSSR count). The van der Waals surface area contributed by atoms with Gasteiger partial charge in [-0.1, -0.05) is 12.1 Å². The highest BCUT2D eigenvalue weighted by molar-refractivity contribution is 5.85. The van der Waals surface area contributed by atoms with E-state index >= 15 is 0 Å². The van der Waals surface area contributed by atoms with Crippen molar-refractivity contribution in [3.63, 3.8) is 0 Å². The maximum absolute atomic E-state index is 12.0. The second-order valence-corrected chi connectivity index (χ2v) is 4.50. The minimum Gasteiger partial charge on any atom is -0.484 e. The Morgan fingerprint density at radius 2 is 1.90 bits per heavy atom. The van der Waals surface area contributed by atoms with Gasteiger partial charge in [0, 0.05) is 19.6 Å². The average molecular weight is 293 g/mol. The highest BCUT2D eigenvalue weighted by atomic mass is 16.5. The van der Waals surface area contributed by atoms with Gasteiger partial charge in [0.05, 0.1) is 6.54 Å². The van der Waals surface area contributed by atoms with Crippen LogP contribution in [0.4, 0.5) is 0 Å². The van der Waals surface area contributed by atoms with Crippen molar-refractivity contribution < 1.29 is 14.3 Å². The number of hydrogen-bond acceptors (Lipinski definition) is 4. The summed E-state index contributed by atoms with van der Waals surface area (Å²) in [6.45, 7) is 5.11. The zero-order valence-corrected chi connectivity index (χ0v) is 12.6. The summed E-state index contributed by atoms with van der Waals surface area (Å²) in [7, 11) is 0. The number of hydrogen-bond donors (Lipinski definition) is 2. The highest BCUT2D eigenvalue weighted by Crippen LogP contribution is 2.11. The van der Waals surface area contributed by atoms with Crippen LogP contribution in [0.3, 0.4) is 0 Å². The lowest BCUT2D eigenvalue weighted by Gasteiger charge is -2.20. The molecular weight excluding hydrogens is 270 g/mol. The standard InChI is InChI=1S/C15H23N3O3/c1-3-17-14(19)10-18(4-2)15(20)11-21-13-7-5-12(9-16)6-8-13/h5-8H,3-4,9-11,16H2,1-2H3,(H,17,19). The van der Waals surface area contributed by atoms with Crippen LogP contribution in [0.1, 0.15) is 19.4 Å². The normalized spacial score (nSPS) is 10.0. The predicted octanol–water partition coefficient (Wildman–Crippen LogP) is 0.509. The smallest absolute Gasteiger partial charge is 0.260 e. The quantitative estimate of drug-likeness (QED) is 0.731. The molecule has 0 unspecified atom stereocenters. The average Bonchev–Trinajstić information content (AvgIpc) is 2.51. The Labute approximate surface area is 125 Å². The topological polar surface area (TPSA) is 84.7 Å². The van der Waals surface area contributed by atoms with E-state index in [4.69, 9.17) is 10.5 Å². The number of ether oxygens (including phenoxy) is 1. The van der Waals surface area contributed by atoms with Gasteiger partial charge in [-0.2, -0.15) is 0 Å². The van der Waals surface area contributed by atoms with Crippen LogP contribution < -0.4 is 15.8 Å². The van der Waals surface area contributed by atoms with Crippen molar-refractivity contribution in [3.8, 4) is 5.75 Å². The monoisotopic (exact) mass is 293 g/mol. The van der Waals surface area contributed by atoms with Crippen molar-refractivity contribution in [3.05, 3.63) is 29.8 Å². The first-order valence-electron chi connectivity index (χ1n) is 7.07. The van der Waals surface area contributed by atoms with Crippen LogP contribution in [-0.4, -0.2) is 43.0 Å². The lowest BCUT2D eigenvalue weighted by molar-refractivity contribution is -0.137. The number of nitrogens with zero attached hydrogens (tertiary/aromatic N) is 1. The largest absolute Gasteiger partial charge is 0.484 e. The van der Waals surface area contributed by atoms with Crippen molar-refractivity contribution in [2.75, 3.05) is 26.2 Å². The maximum atomic E-state index is 12.0. The van der Waals surface area contributed by atoms with E-state index in [0.717, 1.165) is 5.56 Å². The first-order chi connectivity index (χ1) is 10.1. The van der Waals surface area contributed by atoms with Gasteiger partial charge in [-0.3, -0.25) is 9.59 Å². The summed E-state index contributed by atoms with van der Waals surface area (Å²) in [5.74, 6) is 0.223. The van der Waals surface area contributed by atoms with E-state index < -0.39 is 0 Å². The molecule has 0 saturated heterocycles. The molecule has 2 amide bonds. The van der Waals surface area contributed by atoms with E-state index in [1.165, 1.54) is 4.90 Å². The second kappa shape index (κ2) is 8.97. The third kappa shape index (κ3) is 5.83. The molecular formula is C15H23N3O3. The SMILES string of the molecule is CCNC(=O)CN(CC)C(=O)COc1ccc(CN)cc1. The van der Waals surface area contributed by atoms with Gasteiger partial charge in [-0.15, -0.1) is 0 Å². The zero-order chi connectivity index (χ0) is 15.7. The van der Waals surface area contributed by atoms with Gasteiger partial charge in [0.2, 0.25) is 5.91 Å². The van der Waals surface area contributed by atoms with Crippen LogP contribution in [0, 0.1) is 0 Å². The first-order valence-corrected chi connectivity index (χ1v) is 7.07. The van der Waals surface area contributed by atoms with Crippen LogP contribution in [0.15, 0.2) is 24.3 Å². The van der Waals surface area contributed by atoms with Crippen LogP contribution in [0.25, 0.3) is 0 Å². The molecule has 0 radical (unpaired) electrons. The summed E-state index contributed by atoms with van der Waals surface area (Å²) >= 11 is 0. The molecule has 0 atom stereocenters. The molecule has 116 valence electrons. The molecule has 0 aromatic heterocycles. The number of amides is 2. The summed E-state index contributed by atoms with van der Waals surface area (Å²) < 4.78 is 5.43. The van der Waals surface area contributed by atoms with E-state index in [9.17, 15) is 9.59 Å². The Balaban J connectivity index is 2.47. The molecule has 3 N–H and O–H groups in total. The molecule has 0 spiro atoms. The number of nitrogens with two attached hydrogens (primary N) is 1. The van der Waals surface area contributed by atoms with Gasteiger partial charge in [-0.25, -0.2) is 0 Å². The van der Waals surface area contributed by atoms with Crippen LogP contribution in [-0.2, 0) is 16.1 Å². The van der Waals surface area contributed by atoms with E-state index in [0.29, 0.717) is 25.4 Å². The third-order valence-corrected chi connectivity index (χ3v) is 2.96. The number of carbonyl (C=O) groups excluding carboxylic acids is 2. The lowest BCUT2D eigenvalue weighted by atomic mass is 10.2. The van der Waals surface area contributed by atoms with Gasteiger partial charge in [-0.05, 0) is 31.5 Å². The summed E-state index contributed by atoms with van der Waals surface area (Å²) in [5.41, 5.74) is 6.51. The number of benzene rings is 1. The Morgan fingerprint density at radius 3 is 2.43 bits per heavy atom. The third-order valence-electron chi connectivity index (χ3n) is 2.96. The minimum absolute atomic E-state index is 0.0542. The second-order valence-electron chi connectivity index (χ2n) is 4.50. The first kappa shape index (κ1) is 17.0. The van der Waals surface area contributed by atoms with E-state index in [1.54, 1.807) is 12.1 Å². The number of likely N-dealkylation sites (N-methyl/N-ethyl adjacent to an activating group) is 2. The highest BCUT2D eigenvalue weighted by Gasteiger charge is 2.15. The minimum atomic E-state index is -0.216. The molecule has 21 heavy (non-hydrogen) atoms. The number of carbonyl (C=O) groups is 2. The summed E-state index contributed by atoms with van der Waals surface area (Å²) in [5, 5.41) is 2.67. The fourth-order valence-electron chi connectivity index (χ4n) is 1.76. The van der Waals surface area contributed by atoms with Crippen LogP contribution in [0.2, 0.25) is 0 Å². The number of nitrogens with one attached hydrogen (secondary N) is 1. The number of rotatable bonds is 8. The van der Waals surface area contributed by atoms with Crippen LogP contribution >= 0.6 is 0 Å². The van der Waals surface area contributed by atoms with Gasteiger partial charge in [0.25, 0.3) is 5.91 Å². The molecule has 0 aliphatic carbocycles. The molecule has 0 saturated carbocycles. The molecule has 0 fully saturated rings. The Morgan fingerprint density at radius 1 is 1.24 bits per heavy atom. The molecule has 0 aliphatic heterocycles. The van der Waals surface area contributed by atoms with Crippen molar-refractivity contribution in [1.82, 2.24) is 10.2 Å². The Bertz CT molecular complexity index is 460. The molecule has 6 heteroatoms. The van der Waals surface area contributed by atoms with E-state index in [-0.39, 0.29) is 25.0 Å². The van der Waals surface area contributed by atoms with Crippen molar-refractivity contribution in [1.29, 1.82) is 0 Å². The summed E-state index contributed by atoms with van der Waals surface area (Å²) in [6.07, 6.45) is 0. The lowest BCUT2D eigenvalue weighted by Crippen LogP contribution is -2.42. The Hall–Kier alpha value is -2.08. The van der Waals surface area contributed by atoms with E-state index in [1.807, 2.05) is 26.0 Å². The summed E-state index contributed by atoms with van der Waals surface area (Å²) in [4.78, 5) is 25.0. The molecule has 0 bridgehead atoms. The fraction of sp³-hybridized carbons (Fsp3) is 0.467. The van der Waals surface area contributed by atoms with Gasteiger partial charge >= 0.3 is 0 Å². The zero-order valence-electron chi connectivity index (χ0n) is 12.6. The molecule has 0 aliphatic rings. The van der Waals surface area contributed by atoms with Crippen molar-refractivity contribution >= 4 is 11.8 Å². The molecule has 0 heterocycles. The molecule has 1 aromatic carbocycles. The van der Waals surface area contributed by atoms with Crippen molar-refractivity contribution in [2.45, 2.75) is 20.4 Å². The summed E-state index contributed by atoms with van der Waals surface area (Å²) in [6, 6.07) is 7.25. The molecule has 6 nitrogen and oxygen atoms in total. The van der Waals surface area contributed by atoms with Crippen molar-refractivity contribution in [2.24, 2.45) is 5.73 Å². The van der Waals surface area contributed by atoms with Gasteiger partial charge < -0.3 is 20.7 Å². The van der Waals surface area contributed by atoms with Gasteiger partial charge in [0.1, 0.15) is 5.75 Å². The predicted molar refractivity (Wildman–Crippen MR) is 80.8 cm³/mol. The maximum Gasteiger partial charge on any atom is 0.260 e. The van der Waals surface area contributed by atoms with Gasteiger partial charge in [0.15, 0.2) is 6.61 Å². The van der Waals surface area contributed by atoms with E-state index in [2.05, 4.69) is 5.32 Å². The molecule has 1 aromatic rings. The fourth-order valence-corrected chi connectivity index (χ4v) is 1.76.